The molecule has 0 aliphatic carbocycles. The monoisotopic (exact) mass is 378 g/mol. The molecule has 5 nitrogen and oxygen atoms in total. The van der Waals surface area contributed by atoms with Crippen LogP contribution in [0.1, 0.15) is 49.0 Å². The second-order valence-corrected chi connectivity index (χ2v) is 8.68. The van der Waals surface area contributed by atoms with E-state index in [1.165, 1.54) is 11.1 Å². The Morgan fingerprint density at radius 3 is 2.82 bits per heavy atom. The van der Waals surface area contributed by atoms with Gasteiger partial charge in [-0.3, -0.25) is 14.4 Å². The molecular formula is C23H30N4O. The van der Waals surface area contributed by atoms with E-state index in [1.807, 2.05) is 10.7 Å². The fourth-order valence-electron chi connectivity index (χ4n) is 6.00. The molecule has 1 aromatic heterocycles. The molecule has 3 aliphatic rings. The van der Waals surface area contributed by atoms with E-state index in [9.17, 15) is 4.79 Å². The molecule has 2 aromatic rings. The highest BCUT2D eigenvalue weighted by Crippen LogP contribution is 2.56. The van der Waals surface area contributed by atoms with Crippen molar-refractivity contribution >= 4 is 5.91 Å². The molecule has 3 atom stereocenters. The van der Waals surface area contributed by atoms with Gasteiger partial charge in [-0.05, 0) is 51.6 Å². The molecule has 0 saturated carbocycles. The van der Waals surface area contributed by atoms with Crippen molar-refractivity contribution in [3.63, 3.8) is 0 Å². The van der Waals surface area contributed by atoms with Crippen LogP contribution >= 0.6 is 0 Å². The molecule has 1 spiro atoms. The summed E-state index contributed by atoms with van der Waals surface area (Å²) in [5.74, 6) is 0.835. The lowest BCUT2D eigenvalue weighted by Gasteiger charge is -2.33. The number of rotatable bonds is 5. The SMILES string of the molecule is CCn1cc([C@@H]2C[C@H]3CN(CCc4ccccc4)C(=O)[C@]34CCCN24)c(C)n1. The van der Waals surface area contributed by atoms with Crippen LogP contribution in [-0.2, 0) is 17.8 Å². The number of aromatic nitrogens is 2. The van der Waals surface area contributed by atoms with Crippen LogP contribution in [0.25, 0.3) is 0 Å². The number of nitrogens with zero attached hydrogens (tertiary/aromatic N) is 4. The van der Waals surface area contributed by atoms with Crippen LogP contribution < -0.4 is 0 Å². The molecule has 4 heterocycles. The van der Waals surface area contributed by atoms with E-state index in [2.05, 4.69) is 59.2 Å². The normalized spacial score (nSPS) is 29.5. The van der Waals surface area contributed by atoms with Crippen molar-refractivity contribution in [2.45, 2.75) is 57.7 Å². The third kappa shape index (κ3) is 2.55. The van der Waals surface area contributed by atoms with E-state index in [1.54, 1.807) is 0 Å². The molecule has 5 rings (SSSR count). The molecule has 0 bridgehead atoms. The number of amides is 1. The Hall–Kier alpha value is -2.14. The zero-order valence-corrected chi connectivity index (χ0v) is 17.0. The third-order valence-electron chi connectivity index (χ3n) is 7.31. The van der Waals surface area contributed by atoms with Gasteiger partial charge in [0.25, 0.3) is 0 Å². The molecule has 5 heteroatoms. The smallest absolute Gasteiger partial charge is 0.243 e. The summed E-state index contributed by atoms with van der Waals surface area (Å²) in [6.07, 6.45) is 6.40. The number of hydrogen-bond donors (Lipinski definition) is 0. The summed E-state index contributed by atoms with van der Waals surface area (Å²) in [7, 11) is 0. The van der Waals surface area contributed by atoms with E-state index < -0.39 is 0 Å². The highest BCUT2D eigenvalue weighted by molar-refractivity contribution is 5.90. The van der Waals surface area contributed by atoms with Gasteiger partial charge in [-0.2, -0.15) is 5.10 Å². The number of carbonyl (C=O) groups is 1. The van der Waals surface area contributed by atoms with Crippen LogP contribution in [0, 0.1) is 12.8 Å². The summed E-state index contributed by atoms with van der Waals surface area (Å²) in [5, 5.41) is 4.67. The molecule has 28 heavy (non-hydrogen) atoms. The summed E-state index contributed by atoms with van der Waals surface area (Å²) >= 11 is 0. The van der Waals surface area contributed by atoms with Crippen molar-refractivity contribution in [1.29, 1.82) is 0 Å². The fraction of sp³-hybridized carbons (Fsp3) is 0.565. The maximum Gasteiger partial charge on any atom is 0.243 e. The van der Waals surface area contributed by atoms with Crippen molar-refractivity contribution < 1.29 is 4.79 Å². The highest BCUT2D eigenvalue weighted by atomic mass is 16.2. The molecule has 3 saturated heterocycles. The summed E-state index contributed by atoms with van der Waals surface area (Å²) in [5.41, 5.74) is 3.53. The topological polar surface area (TPSA) is 41.4 Å². The van der Waals surface area contributed by atoms with E-state index in [-0.39, 0.29) is 5.54 Å². The predicted molar refractivity (Wildman–Crippen MR) is 109 cm³/mol. The van der Waals surface area contributed by atoms with Crippen molar-refractivity contribution in [3.05, 3.63) is 53.3 Å². The van der Waals surface area contributed by atoms with Gasteiger partial charge in [0.2, 0.25) is 5.91 Å². The number of carbonyl (C=O) groups excluding carboxylic acids is 1. The minimum Gasteiger partial charge on any atom is -0.340 e. The van der Waals surface area contributed by atoms with E-state index in [0.717, 1.165) is 57.6 Å². The van der Waals surface area contributed by atoms with Gasteiger partial charge in [0.05, 0.1) is 5.69 Å². The Labute approximate surface area is 167 Å². The molecule has 0 unspecified atom stereocenters. The predicted octanol–water partition coefficient (Wildman–Crippen LogP) is 3.19. The first-order chi connectivity index (χ1) is 13.6. The van der Waals surface area contributed by atoms with Crippen molar-refractivity contribution in [2.24, 2.45) is 5.92 Å². The zero-order chi connectivity index (χ0) is 19.3. The summed E-state index contributed by atoms with van der Waals surface area (Å²) in [6.45, 7) is 7.94. The van der Waals surface area contributed by atoms with Crippen LogP contribution in [0.5, 0.6) is 0 Å². The first-order valence-electron chi connectivity index (χ1n) is 10.8. The summed E-state index contributed by atoms with van der Waals surface area (Å²) < 4.78 is 2.04. The maximum atomic E-state index is 13.6. The van der Waals surface area contributed by atoms with Gasteiger partial charge in [0.15, 0.2) is 0 Å². The van der Waals surface area contributed by atoms with Crippen LogP contribution in [0.15, 0.2) is 36.5 Å². The largest absolute Gasteiger partial charge is 0.340 e. The van der Waals surface area contributed by atoms with Crippen LogP contribution in [-0.4, -0.2) is 50.7 Å². The van der Waals surface area contributed by atoms with Crippen molar-refractivity contribution in [3.8, 4) is 0 Å². The minimum absolute atomic E-state index is 0.248. The van der Waals surface area contributed by atoms with E-state index in [4.69, 9.17) is 0 Å². The van der Waals surface area contributed by atoms with Crippen molar-refractivity contribution in [1.82, 2.24) is 19.6 Å². The number of hydrogen-bond acceptors (Lipinski definition) is 3. The van der Waals surface area contributed by atoms with Gasteiger partial charge in [-0.1, -0.05) is 30.3 Å². The molecule has 3 aliphatic heterocycles. The van der Waals surface area contributed by atoms with E-state index >= 15 is 0 Å². The minimum atomic E-state index is -0.248. The molecule has 1 amide bonds. The second kappa shape index (κ2) is 6.73. The van der Waals surface area contributed by atoms with Gasteiger partial charge in [-0.25, -0.2) is 0 Å². The van der Waals surface area contributed by atoms with Gasteiger partial charge < -0.3 is 4.90 Å². The van der Waals surface area contributed by atoms with E-state index in [0.29, 0.717) is 17.9 Å². The average Bonchev–Trinajstić information content (AvgIpc) is 3.43. The molecule has 1 aromatic carbocycles. The molecule has 0 radical (unpaired) electrons. The lowest BCUT2D eigenvalue weighted by molar-refractivity contribution is -0.136. The Bertz CT molecular complexity index is 876. The first kappa shape index (κ1) is 17.9. The first-order valence-corrected chi connectivity index (χ1v) is 10.8. The lowest BCUT2D eigenvalue weighted by atomic mass is 9.85. The standard InChI is InChI=1S/C23H30N4O/c1-3-26-16-20(17(2)24-26)21-14-19-15-25(13-10-18-8-5-4-6-9-18)22(28)23(19)11-7-12-27(21)23/h4-6,8-9,16,19,21H,3,7,10-15H2,1-2H3/t19-,21-,23-/m0/s1. The number of benzene rings is 1. The Kier molecular flexibility index (Phi) is 4.31. The van der Waals surface area contributed by atoms with Gasteiger partial charge >= 0.3 is 0 Å². The van der Waals surface area contributed by atoms with Gasteiger partial charge in [0, 0.05) is 43.4 Å². The Morgan fingerprint density at radius 2 is 2.07 bits per heavy atom. The summed E-state index contributed by atoms with van der Waals surface area (Å²) in [4.78, 5) is 18.3. The molecular weight excluding hydrogens is 348 g/mol. The van der Waals surface area contributed by atoms with Crippen LogP contribution in [0.4, 0.5) is 0 Å². The van der Waals surface area contributed by atoms with Gasteiger partial charge in [-0.15, -0.1) is 0 Å². The fourth-order valence-corrected chi connectivity index (χ4v) is 6.00. The molecule has 0 N–H and O–H groups in total. The second-order valence-electron chi connectivity index (χ2n) is 8.68. The third-order valence-corrected chi connectivity index (χ3v) is 7.31. The summed E-state index contributed by atoms with van der Waals surface area (Å²) in [6, 6.07) is 10.9. The van der Waals surface area contributed by atoms with Crippen LogP contribution in [0.2, 0.25) is 0 Å². The quantitative estimate of drug-likeness (QED) is 0.802. The number of likely N-dealkylation sites (tertiary alicyclic amines) is 1. The highest BCUT2D eigenvalue weighted by Gasteiger charge is 2.65. The van der Waals surface area contributed by atoms with Gasteiger partial charge in [0.1, 0.15) is 5.54 Å². The number of aryl methyl sites for hydroxylation is 2. The Balaban J connectivity index is 1.37. The Morgan fingerprint density at radius 1 is 1.25 bits per heavy atom. The van der Waals surface area contributed by atoms with Crippen LogP contribution in [0.3, 0.4) is 0 Å². The zero-order valence-electron chi connectivity index (χ0n) is 17.0. The molecule has 3 fully saturated rings. The lowest BCUT2D eigenvalue weighted by Crippen LogP contribution is -2.49. The molecule has 148 valence electrons. The van der Waals surface area contributed by atoms with Crippen molar-refractivity contribution in [2.75, 3.05) is 19.6 Å². The maximum absolute atomic E-state index is 13.6. The average molecular weight is 379 g/mol.